The fourth-order valence-corrected chi connectivity index (χ4v) is 3.32. The molecule has 0 spiro atoms. The molecule has 1 aromatic rings. The smallest absolute Gasteiger partial charge is 0.236 e. The molecule has 18 heavy (non-hydrogen) atoms. The second-order valence-corrected chi connectivity index (χ2v) is 5.98. The van der Waals surface area contributed by atoms with Crippen molar-refractivity contribution in [3.63, 3.8) is 0 Å². The van der Waals surface area contributed by atoms with Crippen LogP contribution in [0.25, 0.3) is 0 Å². The number of amides is 1. The second kappa shape index (κ2) is 5.02. The SMILES string of the molecule is O=C1CNC(c2ccc(Br)cc2)C2CCCCN12. The molecule has 2 atom stereocenters. The lowest BCUT2D eigenvalue weighted by atomic mass is 9.89. The fourth-order valence-electron chi connectivity index (χ4n) is 3.06. The van der Waals surface area contributed by atoms with E-state index in [1.165, 1.54) is 12.0 Å². The van der Waals surface area contributed by atoms with Gasteiger partial charge in [-0.2, -0.15) is 0 Å². The summed E-state index contributed by atoms with van der Waals surface area (Å²) in [6.45, 7) is 1.40. The van der Waals surface area contributed by atoms with Gasteiger partial charge < -0.3 is 4.90 Å². The largest absolute Gasteiger partial charge is 0.337 e. The maximum Gasteiger partial charge on any atom is 0.236 e. The highest BCUT2D eigenvalue weighted by Gasteiger charge is 2.37. The number of nitrogens with one attached hydrogen (secondary N) is 1. The Kier molecular flexibility index (Phi) is 3.39. The maximum absolute atomic E-state index is 11.9. The summed E-state index contributed by atoms with van der Waals surface area (Å²) in [7, 11) is 0. The average molecular weight is 309 g/mol. The van der Waals surface area contributed by atoms with Gasteiger partial charge in [-0.05, 0) is 37.0 Å². The lowest BCUT2D eigenvalue weighted by molar-refractivity contribution is -0.138. The molecule has 1 aromatic carbocycles. The number of piperidine rings is 1. The van der Waals surface area contributed by atoms with E-state index in [4.69, 9.17) is 0 Å². The minimum atomic E-state index is 0.257. The Balaban J connectivity index is 1.87. The average Bonchev–Trinajstić information content (AvgIpc) is 2.41. The third-order valence-corrected chi connectivity index (χ3v) is 4.49. The number of rotatable bonds is 1. The topological polar surface area (TPSA) is 32.3 Å². The molecular weight excluding hydrogens is 292 g/mol. The highest BCUT2D eigenvalue weighted by Crippen LogP contribution is 2.31. The van der Waals surface area contributed by atoms with E-state index in [1.54, 1.807) is 0 Å². The molecule has 1 amide bonds. The molecule has 2 fully saturated rings. The predicted molar refractivity (Wildman–Crippen MR) is 74.2 cm³/mol. The first-order chi connectivity index (χ1) is 8.75. The summed E-state index contributed by atoms with van der Waals surface area (Å²) >= 11 is 3.46. The van der Waals surface area contributed by atoms with E-state index in [1.807, 2.05) is 0 Å². The summed E-state index contributed by atoms with van der Waals surface area (Å²) in [4.78, 5) is 14.0. The molecule has 0 aliphatic carbocycles. The fraction of sp³-hybridized carbons (Fsp3) is 0.500. The first kappa shape index (κ1) is 12.2. The quantitative estimate of drug-likeness (QED) is 0.864. The minimum Gasteiger partial charge on any atom is -0.337 e. The molecule has 0 bridgehead atoms. The van der Waals surface area contributed by atoms with Crippen molar-refractivity contribution in [2.75, 3.05) is 13.1 Å². The molecule has 2 aliphatic heterocycles. The Morgan fingerprint density at radius 2 is 2.00 bits per heavy atom. The Hall–Kier alpha value is -0.870. The molecule has 3 nitrogen and oxygen atoms in total. The molecule has 0 aromatic heterocycles. The van der Waals surface area contributed by atoms with Gasteiger partial charge in [0.2, 0.25) is 5.91 Å². The van der Waals surface area contributed by atoms with Crippen LogP contribution in [0.15, 0.2) is 28.7 Å². The number of fused-ring (bicyclic) bond motifs is 1. The van der Waals surface area contributed by atoms with Crippen molar-refractivity contribution in [1.82, 2.24) is 10.2 Å². The molecule has 2 unspecified atom stereocenters. The Labute approximate surface area is 116 Å². The third kappa shape index (κ3) is 2.19. The van der Waals surface area contributed by atoms with Crippen molar-refractivity contribution in [2.24, 2.45) is 0 Å². The standard InChI is InChI=1S/C14H17BrN2O/c15-11-6-4-10(5-7-11)14-12-3-1-2-8-17(12)13(18)9-16-14/h4-7,12,14,16H,1-3,8-9H2. The monoisotopic (exact) mass is 308 g/mol. The molecule has 2 saturated heterocycles. The van der Waals surface area contributed by atoms with E-state index in [9.17, 15) is 4.79 Å². The van der Waals surface area contributed by atoms with Crippen molar-refractivity contribution < 1.29 is 4.79 Å². The number of hydrogen-bond acceptors (Lipinski definition) is 2. The number of carbonyl (C=O) groups is 1. The minimum absolute atomic E-state index is 0.257. The van der Waals surface area contributed by atoms with Crippen LogP contribution >= 0.6 is 15.9 Å². The first-order valence-electron chi connectivity index (χ1n) is 6.54. The highest BCUT2D eigenvalue weighted by molar-refractivity contribution is 9.10. The molecule has 0 radical (unpaired) electrons. The van der Waals surface area contributed by atoms with Crippen LogP contribution in [0.5, 0.6) is 0 Å². The van der Waals surface area contributed by atoms with Crippen LogP contribution in [0.1, 0.15) is 30.9 Å². The lowest BCUT2D eigenvalue weighted by Crippen LogP contribution is -2.57. The van der Waals surface area contributed by atoms with Gasteiger partial charge in [-0.1, -0.05) is 28.1 Å². The zero-order valence-corrected chi connectivity index (χ0v) is 11.8. The molecule has 2 heterocycles. The van der Waals surface area contributed by atoms with Gasteiger partial charge in [0.05, 0.1) is 18.6 Å². The van der Waals surface area contributed by atoms with Crippen molar-refractivity contribution in [3.8, 4) is 0 Å². The van der Waals surface area contributed by atoms with Crippen LogP contribution in [0.2, 0.25) is 0 Å². The van der Waals surface area contributed by atoms with Crippen LogP contribution in [-0.4, -0.2) is 29.9 Å². The zero-order valence-electron chi connectivity index (χ0n) is 10.2. The van der Waals surface area contributed by atoms with E-state index in [-0.39, 0.29) is 11.9 Å². The maximum atomic E-state index is 11.9. The predicted octanol–water partition coefficient (Wildman–Crippen LogP) is 2.47. The number of nitrogens with zero attached hydrogens (tertiary/aromatic N) is 1. The Morgan fingerprint density at radius 1 is 1.22 bits per heavy atom. The van der Waals surface area contributed by atoms with Gasteiger partial charge in [0, 0.05) is 11.0 Å². The first-order valence-corrected chi connectivity index (χ1v) is 7.33. The van der Waals surface area contributed by atoms with Crippen molar-refractivity contribution >= 4 is 21.8 Å². The normalized spacial score (nSPS) is 28.1. The van der Waals surface area contributed by atoms with Crippen LogP contribution in [0.4, 0.5) is 0 Å². The van der Waals surface area contributed by atoms with Gasteiger partial charge in [0.25, 0.3) is 0 Å². The molecule has 3 rings (SSSR count). The molecule has 2 aliphatic rings. The Morgan fingerprint density at radius 3 is 2.78 bits per heavy atom. The van der Waals surface area contributed by atoms with Crippen LogP contribution in [0, 0.1) is 0 Å². The molecule has 4 heteroatoms. The summed E-state index contributed by atoms with van der Waals surface area (Å²) in [5, 5.41) is 3.40. The molecular formula is C14H17BrN2O. The van der Waals surface area contributed by atoms with Crippen molar-refractivity contribution in [3.05, 3.63) is 34.3 Å². The molecule has 1 N–H and O–H groups in total. The van der Waals surface area contributed by atoms with E-state index < -0.39 is 0 Å². The van der Waals surface area contributed by atoms with Gasteiger partial charge in [-0.15, -0.1) is 0 Å². The number of hydrogen-bond donors (Lipinski definition) is 1. The molecule has 0 saturated carbocycles. The van der Waals surface area contributed by atoms with Crippen molar-refractivity contribution in [1.29, 1.82) is 0 Å². The van der Waals surface area contributed by atoms with Crippen LogP contribution < -0.4 is 5.32 Å². The van der Waals surface area contributed by atoms with Gasteiger partial charge in [0.15, 0.2) is 0 Å². The number of carbonyl (C=O) groups excluding carboxylic acids is 1. The second-order valence-electron chi connectivity index (χ2n) is 5.06. The zero-order chi connectivity index (χ0) is 12.5. The summed E-state index contributed by atoms with van der Waals surface area (Å²) in [6.07, 6.45) is 3.48. The Bertz CT molecular complexity index is 446. The summed E-state index contributed by atoms with van der Waals surface area (Å²) in [5.74, 6) is 0.257. The van der Waals surface area contributed by atoms with E-state index >= 15 is 0 Å². The van der Waals surface area contributed by atoms with Gasteiger partial charge in [-0.25, -0.2) is 0 Å². The third-order valence-electron chi connectivity index (χ3n) is 3.96. The van der Waals surface area contributed by atoms with Gasteiger partial charge in [0.1, 0.15) is 0 Å². The van der Waals surface area contributed by atoms with E-state index in [2.05, 4.69) is 50.4 Å². The van der Waals surface area contributed by atoms with Gasteiger partial charge >= 0.3 is 0 Å². The van der Waals surface area contributed by atoms with Crippen LogP contribution in [0.3, 0.4) is 0 Å². The number of benzene rings is 1. The summed E-state index contributed by atoms with van der Waals surface area (Å²) in [5.41, 5.74) is 1.28. The lowest BCUT2D eigenvalue weighted by Gasteiger charge is -2.44. The highest BCUT2D eigenvalue weighted by atomic mass is 79.9. The summed E-state index contributed by atoms with van der Waals surface area (Å²) in [6, 6.07) is 9.05. The molecule has 96 valence electrons. The van der Waals surface area contributed by atoms with Gasteiger partial charge in [-0.3, -0.25) is 10.1 Å². The van der Waals surface area contributed by atoms with E-state index in [0.717, 1.165) is 23.9 Å². The van der Waals surface area contributed by atoms with Crippen LogP contribution in [-0.2, 0) is 4.79 Å². The van der Waals surface area contributed by atoms with Crippen molar-refractivity contribution in [2.45, 2.75) is 31.3 Å². The number of piperazine rings is 1. The van der Waals surface area contributed by atoms with E-state index in [0.29, 0.717) is 12.6 Å². The number of halogens is 1. The summed E-state index contributed by atoms with van der Waals surface area (Å²) < 4.78 is 1.10.